The van der Waals surface area contributed by atoms with E-state index in [1.807, 2.05) is 54.6 Å². The molecule has 0 amide bonds. The third-order valence-electron chi connectivity index (χ3n) is 4.53. The van der Waals surface area contributed by atoms with Crippen LogP contribution in [0.15, 0.2) is 60.7 Å². The Bertz CT molecular complexity index is 1310. The SMILES string of the molecule is Nc1ccc2nc(NCc3ccc(Oc4nc5ccc(Cl)cc5[nH]4)cc3)[nH]c2c1. The number of ether oxygens (including phenoxy) is 1. The second-order valence-electron chi connectivity index (χ2n) is 6.66. The Morgan fingerprint density at radius 1 is 0.897 bits per heavy atom. The molecule has 0 radical (unpaired) electrons. The van der Waals surface area contributed by atoms with E-state index in [1.165, 1.54) is 0 Å². The molecule has 0 unspecified atom stereocenters. The van der Waals surface area contributed by atoms with Crippen molar-refractivity contribution in [3.63, 3.8) is 0 Å². The molecule has 29 heavy (non-hydrogen) atoms. The van der Waals surface area contributed by atoms with Gasteiger partial charge in [-0.2, -0.15) is 4.98 Å². The summed E-state index contributed by atoms with van der Waals surface area (Å²) in [6.07, 6.45) is 0. The van der Waals surface area contributed by atoms with Gasteiger partial charge in [-0.15, -0.1) is 0 Å². The molecule has 2 aromatic heterocycles. The van der Waals surface area contributed by atoms with Crippen molar-refractivity contribution in [2.45, 2.75) is 6.54 Å². The minimum absolute atomic E-state index is 0.426. The van der Waals surface area contributed by atoms with E-state index in [1.54, 1.807) is 6.07 Å². The number of nitrogen functional groups attached to an aromatic ring is 1. The summed E-state index contributed by atoms with van der Waals surface area (Å²) in [5.41, 5.74) is 11.0. The standard InChI is InChI=1S/C21H17ClN6O/c22-13-3-7-17-18(9-13)28-21(27-17)29-15-5-1-12(2-6-15)11-24-20-25-16-8-4-14(23)10-19(16)26-20/h1-10H,11,23H2,(H,27,28)(H2,24,25,26). The molecule has 5 rings (SSSR count). The Labute approximate surface area is 170 Å². The zero-order valence-corrected chi connectivity index (χ0v) is 16.0. The normalized spacial score (nSPS) is 11.2. The van der Waals surface area contributed by atoms with E-state index in [-0.39, 0.29) is 0 Å². The number of nitrogens with zero attached hydrogens (tertiary/aromatic N) is 2. The summed E-state index contributed by atoms with van der Waals surface area (Å²) in [5.74, 6) is 1.39. The van der Waals surface area contributed by atoms with Gasteiger partial charge in [-0.25, -0.2) is 4.98 Å². The van der Waals surface area contributed by atoms with Gasteiger partial charge in [0.25, 0.3) is 6.01 Å². The number of halogens is 1. The van der Waals surface area contributed by atoms with E-state index in [9.17, 15) is 0 Å². The summed E-state index contributed by atoms with van der Waals surface area (Å²) in [4.78, 5) is 15.2. The first-order chi connectivity index (χ1) is 14.1. The van der Waals surface area contributed by atoms with Crippen molar-refractivity contribution in [3.05, 3.63) is 71.2 Å². The number of imidazole rings is 2. The van der Waals surface area contributed by atoms with Crippen LogP contribution in [-0.2, 0) is 6.54 Å². The number of rotatable bonds is 5. The summed E-state index contributed by atoms with van der Waals surface area (Å²) >= 11 is 6.00. The van der Waals surface area contributed by atoms with Gasteiger partial charge < -0.3 is 25.8 Å². The van der Waals surface area contributed by atoms with E-state index in [4.69, 9.17) is 22.1 Å². The van der Waals surface area contributed by atoms with Crippen LogP contribution in [0.1, 0.15) is 5.56 Å². The van der Waals surface area contributed by atoms with Crippen molar-refractivity contribution in [2.24, 2.45) is 0 Å². The number of nitrogens with one attached hydrogen (secondary N) is 3. The van der Waals surface area contributed by atoms with Crippen molar-refractivity contribution < 1.29 is 4.74 Å². The van der Waals surface area contributed by atoms with Crippen LogP contribution in [0.2, 0.25) is 5.02 Å². The van der Waals surface area contributed by atoms with E-state index in [0.717, 1.165) is 27.6 Å². The predicted octanol–water partition coefficient (Wildman–Crippen LogP) is 5.08. The van der Waals surface area contributed by atoms with Gasteiger partial charge in [0, 0.05) is 17.3 Å². The summed E-state index contributed by atoms with van der Waals surface area (Å²) < 4.78 is 5.81. The third-order valence-corrected chi connectivity index (χ3v) is 4.76. The second kappa shape index (κ2) is 7.03. The topological polar surface area (TPSA) is 105 Å². The fraction of sp³-hybridized carbons (Fsp3) is 0.0476. The number of hydrogen-bond donors (Lipinski definition) is 4. The van der Waals surface area contributed by atoms with Crippen LogP contribution in [0.3, 0.4) is 0 Å². The molecule has 0 aliphatic heterocycles. The van der Waals surface area contributed by atoms with Crippen LogP contribution in [0, 0.1) is 0 Å². The van der Waals surface area contributed by atoms with Crippen molar-refractivity contribution in [1.82, 2.24) is 19.9 Å². The van der Waals surface area contributed by atoms with E-state index in [0.29, 0.717) is 35.0 Å². The molecule has 7 nitrogen and oxygen atoms in total. The van der Waals surface area contributed by atoms with Crippen LogP contribution in [0.5, 0.6) is 11.8 Å². The van der Waals surface area contributed by atoms with Gasteiger partial charge in [0.15, 0.2) is 0 Å². The molecular weight excluding hydrogens is 388 g/mol. The van der Waals surface area contributed by atoms with Gasteiger partial charge in [-0.3, -0.25) is 0 Å². The zero-order chi connectivity index (χ0) is 19.8. The number of hydrogen-bond acceptors (Lipinski definition) is 5. The second-order valence-corrected chi connectivity index (χ2v) is 7.10. The monoisotopic (exact) mass is 404 g/mol. The van der Waals surface area contributed by atoms with Gasteiger partial charge in [-0.05, 0) is 54.1 Å². The first-order valence-electron chi connectivity index (χ1n) is 9.03. The average Bonchev–Trinajstić information content (AvgIpc) is 3.29. The number of fused-ring (bicyclic) bond motifs is 2. The van der Waals surface area contributed by atoms with Gasteiger partial charge >= 0.3 is 0 Å². The minimum atomic E-state index is 0.426. The number of aromatic amines is 2. The van der Waals surface area contributed by atoms with Crippen molar-refractivity contribution in [2.75, 3.05) is 11.1 Å². The molecule has 0 aliphatic carbocycles. The molecule has 0 fully saturated rings. The maximum absolute atomic E-state index is 6.00. The lowest BCUT2D eigenvalue weighted by Crippen LogP contribution is -2.00. The summed E-state index contributed by atoms with van der Waals surface area (Å²) in [6.45, 7) is 0.624. The molecule has 5 N–H and O–H groups in total. The highest BCUT2D eigenvalue weighted by Gasteiger charge is 2.06. The Kier molecular flexibility index (Phi) is 4.22. The molecule has 2 heterocycles. The maximum atomic E-state index is 6.00. The number of nitrogens with two attached hydrogens (primary N) is 1. The lowest BCUT2D eigenvalue weighted by Gasteiger charge is -2.05. The first kappa shape index (κ1) is 17.4. The predicted molar refractivity (Wildman–Crippen MR) is 115 cm³/mol. The number of H-pyrrole nitrogens is 2. The average molecular weight is 405 g/mol. The molecule has 0 saturated carbocycles. The third kappa shape index (κ3) is 3.68. The largest absolute Gasteiger partial charge is 0.426 e. The summed E-state index contributed by atoms with van der Waals surface area (Å²) in [5, 5.41) is 3.93. The molecule has 3 aromatic carbocycles. The Morgan fingerprint density at radius 3 is 2.52 bits per heavy atom. The Hall–Kier alpha value is -3.71. The van der Waals surface area contributed by atoms with Crippen LogP contribution >= 0.6 is 11.6 Å². The highest BCUT2D eigenvalue weighted by molar-refractivity contribution is 6.31. The molecule has 8 heteroatoms. The van der Waals surface area contributed by atoms with Crippen LogP contribution in [0.25, 0.3) is 22.1 Å². The minimum Gasteiger partial charge on any atom is -0.426 e. The molecule has 0 atom stereocenters. The van der Waals surface area contributed by atoms with Crippen LogP contribution < -0.4 is 15.8 Å². The van der Waals surface area contributed by atoms with Gasteiger partial charge in [-0.1, -0.05) is 23.7 Å². The molecule has 144 valence electrons. The zero-order valence-electron chi connectivity index (χ0n) is 15.2. The lowest BCUT2D eigenvalue weighted by molar-refractivity contribution is 0.449. The summed E-state index contributed by atoms with van der Waals surface area (Å²) in [6, 6.07) is 19.3. The fourth-order valence-corrected chi connectivity index (χ4v) is 3.26. The van der Waals surface area contributed by atoms with Crippen LogP contribution in [0.4, 0.5) is 11.6 Å². The fourth-order valence-electron chi connectivity index (χ4n) is 3.09. The molecule has 0 bridgehead atoms. The quantitative estimate of drug-likeness (QED) is 0.306. The lowest BCUT2D eigenvalue weighted by atomic mass is 10.2. The molecule has 5 aromatic rings. The van der Waals surface area contributed by atoms with Gasteiger partial charge in [0.2, 0.25) is 5.95 Å². The number of benzene rings is 3. The van der Waals surface area contributed by atoms with E-state index >= 15 is 0 Å². The molecule has 0 aliphatic rings. The number of aromatic nitrogens is 4. The number of anilines is 2. The highest BCUT2D eigenvalue weighted by Crippen LogP contribution is 2.24. The van der Waals surface area contributed by atoms with Crippen molar-refractivity contribution in [1.29, 1.82) is 0 Å². The summed E-state index contributed by atoms with van der Waals surface area (Å²) in [7, 11) is 0. The Balaban J connectivity index is 1.25. The Morgan fingerprint density at radius 2 is 1.66 bits per heavy atom. The van der Waals surface area contributed by atoms with Crippen molar-refractivity contribution in [3.8, 4) is 11.8 Å². The molecule has 0 saturated heterocycles. The van der Waals surface area contributed by atoms with Crippen molar-refractivity contribution >= 4 is 45.3 Å². The maximum Gasteiger partial charge on any atom is 0.300 e. The molecule has 0 spiro atoms. The van der Waals surface area contributed by atoms with E-state index in [2.05, 4.69) is 25.3 Å². The first-order valence-corrected chi connectivity index (χ1v) is 9.41. The van der Waals surface area contributed by atoms with Crippen LogP contribution in [-0.4, -0.2) is 19.9 Å². The van der Waals surface area contributed by atoms with Gasteiger partial charge in [0.1, 0.15) is 5.75 Å². The van der Waals surface area contributed by atoms with E-state index < -0.39 is 0 Å². The highest BCUT2D eigenvalue weighted by atomic mass is 35.5. The molecular formula is C21H17ClN6O. The smallest absolute Gasteiger partial charge is 0.300 e. The van der Waals surface area contributed by atoms with Gasteiger partial charge in [0.05, 0.1) is 22.1 Å².